The van der Waals surface area contributed by atoms with Crippen LogP contribution in [0.4, 0.5) is 10.1 Å². The van der Waals surface area contributed by atoms with Crippen molar-refractivity contribution in [3.63, 3.8) is 0 Å². The summed E-state index contributed by atoms with van der Waals surface area (Å²) in [7, 11) is 1.67. The van der Waals surface area contributed by atoms with Crippen LogP contribution in [0.3, 0.4) is 0 Å². The largest absolute Gasteiger partial charge is 0.330 e. The minimum atomic E-state index is -0.338. The van der Waals surface area contributed by atoms with E-state index < -0.39 is 0 Å². The van der Waals surface area contributed by atoms with Crippen molar-refractivity contribution in [1.82, 2.24) is 0 Å². The molecular formula is C15H23FN2O. The van der Waals surface area contributed by atoms with Gasteiger partial charge >= 0.3 is 0 Å². The zero-order chi connectivity index (χ0) is 14.4. The maximum Gasteiger partial charge on any atom is 0.227 e. The first-order valence-corrected chi connectivity index (χ1v) is 6.66. The molecule has 1 aromatic carbocycles. The highest BCUT2D eigenvalue weighted by molar-refractivity contribution is 5.92. The lowest BCUT2D eigenvalue weighted by Gasteiger charge is -2.22. The molecule has 1 aromatic rings. The van der Waals surface area contributed by atoms with Crippen LogP contribution in [0, 0.1) is 17.7 Å². The van der Waals surface area contributed by atoms with Crippen molar-refractivity contribution in [3.05, 3.63) is 30.1 Å². The Balaban J connectivity index is 2.66. The summed E-state index contributed by atoms with van der Waals surface area (Å²) in [5.74, 6) is 0.334. The van der Waals surface area contributed by atoms with E-state index in [-0.39, 0.29) is 17.6 Å². The number of hydrogen-bond donors (Lipinski definition) is 1. The summed E-state index contributed by atoms with van der Waals surface area (Å²) in [5, 5.41) is 0. The van der Waals surface area contributed by atoms with Gasteiger partial charge in [0.15, 0.2) is 0 Å². The molecule has 0 aromatic heterocycles. The molecule has 0 saturated carbocycles. The molecule has 1 rings (SSSR count). The molecule has 0 aliphatic heterocycles. The standard InChI is InChI=1S/C15H23FN2O/c1-11(2)7-12(10-17)8-15(19)18(3)14-6-4-5-13(16)9-14/h4-6,9,11-12H,7-8,10,17H2,1-3H3. The van der Waals surface area contributed by atoms with Gasteiger partial charge in [-0.1, -0.05) is 19.9 Å². The topological polar surface area (TPSA) is 46.3 Å². The number of anilines is 1. The summed E-state index contributed by atoms with van der Waals surface area (Å²) in [4.78, 5) is 13.6. The minimum Gasteiger partial charge on any atom is -0.330 e. The van der Waals surface area contributed by atoms with Gasteiger partial charge in [0.2, 0.25) is 5.91 Å². The quantitative estimate of drug-likeness (QED) is 0.860. The Bertz CT molecular complexity index is 420. The lowest BCUT2D eigenvalue weighted by atomic mass is 9.94. The van der Waals surface area contributed by atoms with Gasteiger partial charge in [-0.25, -0.2) is 4.39 Å². The molecule has 0 fully saturated rings. The second-order valence-corrected chi connectivity index (χ2v) is 5.37. The summed E-state index contributed by atoms with van der Waals surface area (Å²) in [6.07, 6.45) is 1.33. The normalized spacial score (nSPS) is 12.5. The molecule has 0 aliphatic carbocycles. The number of carbonyl (C=O) groups excluding carboxylic acids is 1. The third-order valence-corrected chi connectivity index (χ3v) is 3.17. The molecule has 1 unspecified atom stereocenters. The second kappa shape index (κ2) is 7.24. The van der Waals surface area contributed by atoms with Gasteiger partial charge in [-0.2, -0.15) is 0 Å². The van der Waals surface area contributed by atoms with Crippen molar-refractivity contribution >= 4 is 11.6 Å². The minimum absolute atomic E-state index is 0.0262. The van der Waals surface area contributed by atoms with Gasteiger partial charge in [0, 0.05) is 19.2 Å². The molecule has 2 N–H and O–H groups in total. The summed E-state index contributed by atoms with van der Waals surface area (Å²) in [5.41, 5.74) is 6.28. The smallest absolute Gasteiger partial charge is 0.227 e. The molecule has 1 atom stereocenters. The first-order valence-electron chi connectivity index (χ1n) is 6.66. The van der Waals surface area contributed by atoms with E-state index in [0.29, 0.717) is 24.6 Å². The maximum absolute atomic E-state index is 13.1. The van der Waals surface area contributed by atoms with Crippen molar-refractivity contribution in [1.29, 1.82) is 0 Å². The van der Waals surface area contributed by atoms with E-state index >= 15 is 0 Å². The number of benzene rings is 1. The molecule has 3 nitrogen and oxygen atoms in total. The van der Waals surface area contributed by atoms with Gasteiger partial charge < -0.3 is 10.6 Å². The molecule has 106 valence electrons. The molecule has 19 heavy (non-hydrogen) atoms. The number of amides is 1. The Hall–Kier alpha value is -1.42. The second-order valence-electron chi connectivity index (χ2n) is 5.37. The summed E-state index contributed by atoms with van der Waals surface area (Å²) in [6, 6.07) is 6.05. The highest BCUT2D eigenvalue weighted by Gasteiger charge is 2.18. The monoisotopic (exact) mass is 266 g/mol. The molecule has 4 heteroatoms. The number of nitrogens with two attached hydrogens (primary N) is 1. The average molecular weight is 266 g/mol. The fraction of sp³-hybridized carbons (Fsp3) is 0.533. The van der Waals surface area contributed by atoms with E-state index in [1.165, 1.54) is 17.0 Å². The fourth-order valence-electron chi connectivity index (χ4n) is 2.14. The Labute approximate surface area is 114 Å². The van der Waals surface area contributed by atoms with Gasteiger partial charge in [0.1, 0.15) is 5.82 Å². The van der Waals surface area contributed by atoms with Gasteiger partial charge in [0.25, 0.3) is 0 Å². The van der Waals surface area contributed by atoms with Crippen LogP contribution in [-0.4, -0.2) is 19.5 Å². The fourth-order valence-corrected chi connectivity index (χ4v) is 2.14. The number of rotatable bonds is 6. The maximum atomic E-state index is 13.1. The Kier molecular flexibility index (Phi) is 5.96. The van der Waals surface area contributed by atoms with Crippen LogP contribution in [-0.2, 0) is 4.79 Å². The van der Waals surface area contributed by atoms with Crippen LogP contribution < -0.4 is 10.6 Å². The van der Waals surface area contributed by atoms with E-state index in [1.807, 2.05) is 0 Å². The van der Waals surface area contributed by atoms with Crippen LogP contribution in [0.25, 0.3) is 0 Å². The lowest BCUT2D eigenvalue weighted by Crippen LogP contribution is -2.30. The highest BCUT2D eigenvalue weighted by Crippen LogP contribution is 2.19. The van der Waals surface area contributed by atoms with Gasteiger partial charge in [0.05, 0.1) is 0 Å². The van der Waals surface area contributed by atoms with Crippen LogP contribution >= 0.6 is 0 Å². The van der Waals surface area contributed by atoms with Crippen molar-refractivity contribution in [2.24, 2.45) is 17.6 Å². The Morgan fingerprint density at radius 2 is 2.11 bits per heavy atom. The van der Waals surface area contributed by atoms with Gasteiger partial charge in [-0.3, -0.25) is 4.79 Å². The average Bonchev–Trinajstić information content (AvgIpc) is 2.36. The molecule has 0 bridgehead atoms. The van der Waals surface area contributed by atoms with E-state index in [2.05, 4.69) is 13.8 Å². The molecule has 0 aliphatic rings. The van der Waals surface area contributed by atoms with Crippen molar-refractivity contribution < 1.29 is 9.18 Å². The third-order valence-electron chi connectivity index (χ3n) is 3.17. The number of carbonyl (C=O) groups is 1. The van der Waals surface area contributed by atoms with Crippen LogP contribution in [0.5, 0.6) is 0 Å². The number of nitrogens with zero attached hydrogens (tertiary/aromatic N) is 1. The first kappa shape index (κ1) is 15.6. The van der Waals surface area contributed by atoms with Crippen LogP contribution in [0.1, 0.15) is 26.7 Å². The molecule has 1 amide bonds. The lowest BCUT2D eigenvalue weighted by molar-refractivity contribution is -0.119. The Morgan fingerprint density at radius 1 is 1.42 bits per heavy atom. The van der Waals surface area contributed by atoms with Gasteiger partial charge in [-0.05, 0) is 43.0 Å². The van der Waals surface area contributed by atoms with Crippen molar-refractivity contribution in [2.45, 2.75) is 26.7 Å². The van der Waals surface area contributed by atoms with E-state index in [4.69, 9.17) is 5.73 Å². The highest BCUT2D eigenvalue weighted by atomic mass is 19.1. The summed E-state index contributed by atoms with van der Waals surface area (Å²) < 4.78 is 13.1. The number of hydrogen-bond acceptors (Lipinski definition) is 2. The SMILES string of the molecule is CC(C)CC(CN)CC(=O)N(C)c1cccc(F)c1. The predicted molar refractivity (Wildman–Crippen MR) is 76.4 cm³/mol. The summed E-state index contributed by atoms with van der Waals surface area (Å²) in [6.45, 7) is 4.73. The Morgan fingerprint density at radius 3 is 2.63 bits per heavy atom. The van der Waals surface area contributed by atoms with Crippen LogP contribution in [0.2, 0.25) is 0 Å². The molecule has 0 heterocycles. The third kappa shape index (κ3) is 4.99. The first-order chi connectivity index (χ1) is 8.93. The summed E-state index contributed by atoms with van der Waals surface area (Å²) >= 11 is 0. The predicted octanol–water partition coefficient (Wildman–Crippen LogP) is 2.80. The zero-order valence-corrected chi connectivity index (χ0v) is 11.9. The van der Waals surface area contributed by atoms with E-state index in [1.54, 1.807) is 19.2 Å². The van der Waals surface area contributed by atoms with Crippen molar-refractivity contribution in [3.8, 4) is 0 Å². The number of halogens is 1. The molecular weight excluding hydrogens is 243 g/mol. The molecule has 0 radical (unpaired) electrons. The van der Waals surface area contributed by atoms with Gasteiger partial charge in [-0.15, -0.1) is 0 Å². The van der Waals surface area contributed by atoms with E-state index in [0.717, 1.165) is 6.42 Å². The zero-order valence-electron chi connectivity index (χ0n) is 11.9. The molecule has 0 saturated heterocycles. The van der Waals surface area contributed by atoms with Crippen LogP contribution in [0.15, 0.2) is 24.3 Å². The van der Waals surface area contributed by atoms with E-state index in [9.17, 15) is 9.18 Å². The van der Waals surface area contributed by atoms with Crippen molar-refractivity contribution in [2.75, 3.05) is 18.5 Å². The molecule has 0 spiro atoms.